The number of ether oxygens (including phenoxy) is 3. The van der Waals surface area contributed by atoms with E-state index in [2.05, 4.69) is 15.5 Å². The number of oxime groups is 1. The van der Waals surface area contributed by atoms with Crippen LogP contribution in [0.2, 0.25) is 0 Å². The van der Waals surface area contributed by atoms with Crippen LogP contribution >= 0.6 is 23.1 Å². The predicted octanol–water partition coefficient (Wildman–Crippen LogP) is 2.44. The van der Waals surface area contributed by atoms with Crippen LogP contribution in [0.25, 0.3) is 0 Å². The highest BCUT2D eigenvalue weighted by molar-refractivity contribution is 8.00. The molecule has 0 radical (unpaired) electrons. The number of thiazole rings is 1. The molecule has 2 saturated heterocycles. The van der Waals surface area contributed by atoms with Gasteiger partial charge in [0.1, 0.15) is 42.3 Å². The number of fused-ring (bicyclic) bond motifs is 1. The number of hydrogen-bond donors (Lipinski definition) is 2. The smallest absolute Gasteiger partial charge is 0.355 e. The summed E-state index contributed by atoms with van der Waals surface area (Å²) >= 11 is 2.60. The molecule has 1 aromatic carbocycles. The summed E-state index contributed by atoms with van der Waals surface area (Å²) in [5.74, 6) is -0.566. The number of nitrogens with two attached hydrogens (primary N) is 1. The lowest BCUT2D eigenvalue weighted by atomic mass is 9.98. The third-order valence-corrected chi connectivity index (χ3v) is 9.00. The first-order valence-corrected chi connectivity index (χ1v) is 14.8. The van der Waals surface area contributed by atoms with Crippen molar-refractivity contribution in [1.29, 1.82) is 0 Å². The monoisotopic (exact) mass is 601 g/mol. The zero-order valence-electron chi connectivity index (χ0n) is 23.0. The molecule has 3 aliphatic rings. The first kappa shape index (κ1) is 28.9. The van der Waals surface area contributed by atoms with Gasteiger partial charge in [-0.25, -0.2) is 9.78 Å². The summed E-state index contributed by atoms with van der Waals surface area (Å²) in [5.41, 5.74) is 7.16. The fourth-order valence-corrected chi connectivity index (χ4v) is 6.90. The largest absolute Gasteiger partial charge is 0.497 e. The van der Waals surface area contributed by atoms with E-state index in [9.17, 15) is 14.4 Å². The maximum atomic E-state index is 13.6. The Kier molecular flexibility index (Phi) is 8.25. The van der Waals surface area contributed by atoms with E-state index in [1.54, 1.807) is 36.8 Å². The van der Waals surface area contributed by atoms with E-state index < -0.39 is 29.2 Å². The molecule has 218 valence electrons. The number of aromatic nitrogens is 1. The number of anilines is 1. The van der Waals surface area contributed by atoms with E-state index >= 15 is 0 Å². The van der Waals surface area contributed by atoms with Gasteiger partial charge < -0.3 is 30.1 Å². The number of nitrogens with one attached hydrogen (secondary N) is 1. The van der Waals surface area contributed by atoms with E-state index in [0.717, 1.165) is 29.7 Å². The van der Waals surface area contributed by atoms with Crippen LogP contribution in [0.3, 0.4) is 0 Å². The Morgan fingerprint density at radius 3 is 2.63 bits per heavy atom. The number of amides is 2. The summed E-state index contributed by atoms with van der Waals surface area (Å²) in [5, 5.41) is 7.84. The lowest BCUT2D eigenvalue weighted by Crippen LogP contribution is -2.71. The van der Waals surface area contributed by atoms with Crippen LogP contribution in [-0.4, -0.2) is 76.5 Å². The molecule has 2 amide bonds. The van der Waals surface area contributed by atoms with Crippen molar-refractivity contribution in [1.82, 2.24) is 15.2 Å². The topological polar surface area (TPSA) is 155 Å². The van der Waals surface area contributed by atoms with Gasteiger partial charge in [0.25, 0.3) is 11.8 Å². The van der Waals surface area contributed by atoms with Crippen LogP contribution in [0.4, 0.5) is 5.13 Å². The molecule has 2 fully saturated rings. The highest BCUT2D eigenvalue weighted by atomic mass is 32.2. The summed E-state index contributed by atoms with van der Waals surface area (Å²) in [6, 6.07) is 6.28. The van der Waals surface area contributed by atoms with Gasteiger partial charge in [-0.05, 0) is 50.0 Å². The Labute approximate surface area is 245 Å². The van der Waals surface area contributed by atoms with Gasteiger partial charge in [0.05, 0.1) is 18.8 Å². The Hall–Kier alpha value is -3.62. The average Bonchev–Trinajstić information content (AvgIpc) is 3.56. The van der Waals surface area contributed by atoms with Crippen LogP contribution in [0.5, 0.6) is 5.75 Å². The number of nitrogens with zero attached hydrogens (tertiary/aromatic N) is 3. The number of carbonyl (C=O) groups excluding carboxylic acids is 3. The second kappa shape index (κ2) is 11.7. The molecule has 4 heterocycles. The quantitative estimate of drug-likeness (QED) is 0.190. The molecule has 3 aliphatic heterocycles. The van der Waals surface area contributed by atoms with Gasteiger partial charge in [-0.1, -0.05) is 17.3 Å². The molecule has 3 N–H and O–H groups in total. The van der Waals surface area contributed by atoms with Crippen molar-refractivity contribution in [3.8, 4) is 5.75 Å². The highest BCUT2D eigenvalue weighted by Crippen LogP contribution is 2.45. The van der Waals surface area contributed by atoms with E-state index in [1.807, 2.05) is 13.8 Å². The standard InChI is InChI=1S/C27H31N5O7S2/c1-27(2)10-9-18(39-27)16-12-40-24-20(30-22(33)19(31-37-4)17-13-41-26(28)29-17)23(34)32(24)21(16)25(35)38-11-14-5-7-15(36-3)8-6-14/h5-8,13,18,20,24H,9-12H2,1-4H3,(H2,28,29)(H,30,33)/t18-,20+,24+/m0/s1. The van der Waals surface area contributed by atoms with Crippen LogP contribution in [0.1, 0.15) is 37.9 Å². The summed E-state index contributed by atoms with van der Waals surface area (Å²) in [6.07, 6.45) is 1.22. The van der Waals surface area contributed by atoms with Gasteiger partial charge in [-0.2, -0.15) is 0 Å². The predicted molar refractivity (Wildman–Crippen MR) is 153 cm³/mol. The molecular weight excluding hydrogens is 570 g/mol. The third-order valence-electron chi connectivity index (χ3n) is 7.03. The minimum Gasteiger partial charge on any atom is -0.497 e. The van der Waals surface area contributed by atoms with E-state index in [0.29, 0.717) is 17.1 Å². The molecule has 1 aromatic heterocycles. The number of carbonyl (C=O) groups is 3. The highest BCUT2D eigenvalue weighted by Gasteiger charge is 2.56. The van der Waals surface area contributed by atoms with Gasteiger partial charge >= 0.3 is 5.97 Å². The number of hydrogen-bond acceptors (Lipinski definition) is 12. The molecule has 0 unspecified atom stereocenters. The van der Waals surface area contributed by atoms with Crippen molar-refractivity contribution >= 4 is 51.7 Å². The Bertz CT molecular complexity index is 1400. The molecule has 41 heavy (non-hydrogen) atoms. The number of β-lactam (4-membered cyclic amide) rings is 1. The van der Waals surface area contributed by atoms with E-state index in [1.165, 1.54) is 23.8 Å². The van der Waals surface area contributed by atoms with Crippen LogP contribution in [0.15, 0.2) is 46.1 Å². The zero-order chi connectivity index (χ0) is 29.3. The van der Waals surface area contributed by atoms with Crippen molar-refractivity contribution in [3.05, 3.63) is 52.2 Å². The van der Waals surface area contributed by atoms with Crippen LogP contribution < -0.4 is 15.8 Å². The minimum atomic E-state index is -0.891. The van der Waals surface area contributed by atoms with Crippen molar-refractivity contribution in [2.45, 2.75) is 56.4 Å². The Morgan fingerprint density at radius 1 is 1.27 bits per heavy atom. The Morgan fingerprint density at radius 2 is 2.02 bits per heavy atom. The fourth-order valence-electron chi connectivity index (χ4n) is 4.95. The second-order valence-electron chi connectivity index (χ2n) is 10.3. The minimum absolute atomic E-state index is 0.0181. The van der Waals surface area contributed by atoms with Gasteiger partial charge in [0, 0.05) is 11.1 Å². The molecule has 12 nitrogen and oxygen atoms in total. The van der Waals surface area contributed by atoms with Crippen molar-refractivity contribution in [2.24, 2.45) is 5.16 Å². The van der Waals surface area contributed by atoms with Crippen LogP contribution in [0, 0.1) is 0 Å². The van der Waals surface area contributed by atoms with Gasteiger partial charge in [-0.3, -0.25) is 14.5 Å². The first-order chi connectivity index (χ1) is 19.6. The lowest BCUT2D eigenvalue weighted by Gasteiger charge is -2.50. The van der Waals surface area contributed by atoms with Gasteiger partial charge in [-0.15, -0.1) is 23.1 Å². The van der Waals surface area contributed by atoms with Crippen molar-refractivity contribution in [3.63, 3.8) is 0 Å². The number of benzene rings is 1. The maximum Gasteiger partial charge on any atom is 0.355 e. The molecular formula is C27H31N5O7S2. The number of methoxy groups -OCH3 is 1. The molecule has 0 spiro atoms. The summed E-state index contributed by atoms with van der Waals surface area (Å²) in [7, 11) is 2.88. The molecule has 14 heteroatoms. The number of nitrogen functional groups attached to an aromatic ring is 1. The molecule has 3 atom stereocenters. The van der Waals surface area contributed by atoms with Crippen molar-refractivity contribution < 1.29 is 33.4 Å². The number of rotatable bonds is 9. The van der Waals surface area contributed by atoms with E-state index in [4.69, 9.17) is 24.8 Å². The lowest BCUT2D eigenvalue weighted by molar-refractivity contribution is -0.153. The second-order valence-corrected chi connectivity index (χ2v) is 12.3. The third kappa shape index (κ3) is 5.90. The normalized spacial score (nSPS) is 23.5. The Balaban J connectivity index is 1.36. The number of esters is 1. The molecule has 0 bridgehead atoms. The molecule has 0 aliphatic carbocycles. The molecule has 5 rings (SSSR count). The first-order valence-electron chi connectivity index (χ1n) is 12.9. The summed E-state index contributed by atoms with van der Waals surface area (Å²) < 4.78 is 17.1. The van der Waals surface area contributed by atoms with E-state index in [-0.39, 0.29) is 40.5 Å². The van der Waals surface area contributed by atoms with Crippen LogP contribution in [-0.2, 0) is 35.3 Å². The van der Waals surface area contributed by atoms with Crippen molar-refractivity contribution in [2.75, 3.05) is 25.7 Å². The fraction of sp³-hybridized carbons (Fsp3) is 0.444. The summed E-state index contributed by atoms with van der Waals surface area (Å²) in [6.45, 7) is 4.02. The van der Waals surface area contributed by atoms with Gasteiger partial charge in [0.15, 0.2) is 10.8 Å². The summed E-state index contributed by atoms with van der Waals surface area (Å²) in [4.78, 5) is 50.5. The molecule has 2 aromatic rings. The molecule has 0 saturated carbocycles. The average molecular weight is 602 g/mol. The van der Waals surface area contributed by atoms with Gasteiger partial charge in [0.2, 0.25) is 0 Å². The maximum absolute atomic E-state index is 13.6. The SMILES string of the molecule is CON=C(C(=O)N[C@@H]1C(=O)N2C(C(=O)OCc3ccc(OC)cc3)=C([C@@H]3CCC(C)(C)O3)CS[C@H]12)c1csc(N)n1. The zero-order valence-corrected chi connectivity index (χ0v) is 24.7. The number of thioether (sulfide) groups is 1.